The maximum absolute atomic E-state index is 12.3. The SMILES string of the molecule is CCCC(C)CNc1ccc(Br)cc1OC(F)(F)F. The average Bonchev–Trinajstić information content (AvgIpc) is 2.26. The van der Waals surface area contributed by atoms with Crippen molar-refractivity contribution in [3.63, 3.8) is 0 Å². The molecule has 1 N–H and O–H groups in total. The maximum Gasteiger partial charge on any atom is 0.573 e. The number of anilines is 1. The Balaban J connectivity index is 2.76. The van der Waals surface area contributed by atoms with Gasteiger partial charge >= 0.3 is 6.36 Å². The number of hydrogen-bond acceptors (Lipinski definition) is 2. The summed E-state index contributed by atoms with van der Waals surface area (Å²) in [6.07, 6.45) is -2.61. The highest BCUT2D eigenvalue weighted by atomic mass is 79.9. The molecular formula is C13H17BrF3NO. The first kappa shape index (κ1) is 16.1. The highest BCUT2D eigenvalue weighted by Gasteiger charge is 2.32. The van der Waals surface area contributed by atoms with Crippen LogP contribution in [0.3, 0.4) is 0 Å². The Morgan fingerprint density at radius 3 is 2.63 bits per heavy atom. The minimum atomic E-state index is -4.69. The van der Waals surface area contributed by atoms with Crippen LogP contribution in [0.15, 0.2) is 22.7 Å². The molecule has 1 rings (SSSR count). The van der Waals surface area contributed by atoms with Gasteiger partial charge in [0.05, 0.1) is 5.69 Å². The smallest absolute Gasteiger partial charge is 0.404 e. The highest BCUT2D eigenvalue weighted by Crippen LogP contribution is 2.33. The lowest BCUT2D eigenvalue weighted by atomic mass is 10.1. The molecule has 19 heavy (non-hydrogen) atoms. The van der Waals surface area contributed by atoms with Gasteiger partial charge in [-0.2, -0.15) is 0 Å². The molecule has 0 aliphatic heterocycles. The fourth-order valence-electron chi connectivity index (χ4n) is 1.73. The van der Waals surface area contributed by atoms with Gasteiger partial charge in [-0.25, -0.2) is 0 Å². The molecule has 1 atom stereocenters. The van der Waals surface area contributed by atoms with Crippen LogP contribution < -0.4 is 10.1 Å². The van der Waals surface area contributed by atoms with Gasteiger partial charge in [0.2, 0.25) is 0 Å². The summed E-state index contributed by atoms with van der Waals surface area (Å²) in [5, 5.41) is 3.00. The second-order valence-corrected chi connectivity index (χ2v) is 5.38. The van der Waals surface area contributed by atoms with E-state index in [1.807, 2.05) is 0 Å². The summed E-state index contributed by atoms with van der Waals surface area (Å²) in [7, 11) is 0. The number of benzene rings is 1. The third-order valence-corrected chi connectivity index (χ3v) is 3.09. The van der Waals surface area contributed by atoms with Gasteiger partial charge in [0.15, 0.2) is 5.75 Å². The van der Waals surface area contributed by atoms with Crippen molar-refractivity contribution in [1.29, 1.82) is 0 Å². The molecule has 0 aromatic heterocycles. The molecule has 0 aliphatic rings. The molecule has 0 fully saturated rings. The van der Waals surface area contributed by atoms with Gasteiger partial charge < -0.3 is 10.1 Å². The molecule has 1 aromatic rings. The van der Waals surface area contributed by atoms with E-state index < -0.39 is 6.36 Å². The normalized spacial score (nSPS) is 13.2. The van der Waals surface area contributed by atoms with E-state index in [1.54, 1.807) is 12.1 Å². The average molecular weight is 340 g/mol. The molecule has 1 unspecified atom stereocenters. The summed E-state index contributed by atoms with van der Waals surface area (Å²) in [5.41, 5.74) is 0.350. The van der Waals surface area contributed by atoms with E-state index in [9.17, 15) is 13.2 Å². The largest absolute Gasteiger partial charge is 0.573 e. The van der Waals surface area contributed by atoms with E-state index in [4.69, 9.17) is 0 Å². The Hall–Kier alpha value is -0.910. The molecule has 1 aromatic carbocycles. The Morgan fingerprint density at radius 1 is 1.37 bits per heavy atom. The van der Waals surface area contributed by atoms with E-state index in [2.05, 4.69) is 39.8 Å². The summed E-state index contributed by atoms with van der Waals surface area (Å²) < 4.78 is 41.5. The van der Waals surface area contributed by atoms with Crippen LogP contribution >= 0.6 is 15.9 Å². The molecule has 6 heteroatoms. The number of ether oxygens (including phenoxy) is 1. The van der Waals surface area contributed by atoms with Gasteiger partial charge in [0.25, 0.3) is 0 Å². The molecule has 0 radical (unpaired) electrons. The molecule has 0 saturated carbocycles. The molecule has 0 saturated heterocycles. The molecule has 0 spiro atoms. The zero-order chi connectivity index (χ0) is 14.5. The number of halogens is 4. The Labute approximate surface area is 119 Å². The fraction of sp³-hybridized carbons (Fsp3) is 0.538. The van der Waals surface area contributed by atoms with Crippen molar-refractivity contribution in [3.8, 4) is 5.75 Å². The maximum atomic E-state index is 12.3. The Kier molecular flexibility index (Phi) is 5.97. The van der Waals surface area contributed by atoms with Crippen LogP contribution in [0.5, 0.6) is 5.75 Å². The van der Waals surface area contributed by atoms with Crippen molar-refractivity contribution in [2.75, 3.05) is 11.9 Å². The molecule has 0 bridgehead atoms. The molecule has 0 amide bonds. The van der Waals surface area contributed by atoms with Gasteiger partial charge in [-0.05, 0) is 30.5 Å². The van der Waals surface area contributed by atoms with Gasteiger partial charge in [0.1, 0.15) is 0 Å². The van der Waals surface area contributed by atoms with Gasteiger partial charge in [-0.1, -0.05) is 36.2 Å². The second kappa shape index (κ2) is 7.03. The standard InChI is InChI=1S/C13H17BrF3NO/c1-3-4-9(2)8-18-11-6-5-10(14)7-12(11)19-13(15,16)17/h5-7,9,18H,3-4,8H2,1-2H3. The minimum absolute atomic E-state index is 0.217. The summed E-state index contributed by atoms with van der Waals surface area (Å²) in [4.78, 5) is 0. The fourth-order valence-corrected chi connectivity index (χ4v) is 2.07. The van der Waals surface area contributed by atoms with Gasteiger partial charge in [0, 0.05) is 11.0 Å². The zero-order valence-electron chi connectivity index (χ0n) is 10.9. The quantitative estimate of drug-likeness (QED) is 0.769. The van der Waals surface area contributed by atoms with Crippen LogP contribution in [0.1, 0.15) is 26.7 Å². The first-order valence-electron chi connectivity index (χ1n) is 6.11. The Morgan fingerprint density at radius 2 is 2.05 bits per heavy atom. The Bertz CT molecular complexity index is 409. The van der Waals surface area contributed by atoms with E-state index in [0.29, 0.717) is 22.6 Å². The van der Waals surface area contributed by atoms with Crippen LogP contribution in [0, 0.1) is 5.92 Å². The summed E-state index contributed by atoms with van der Waals surface area (Å²) >= 11 is 3.13. The third kappa shape index (κ3) is 6.18. The van der Waals surface area contributed by atoms with Crippen LogP contribution in [0.4, 0.5) is 18.9 Å². The van der Waals surface area contributed by atoms with E-state index in [-0.39, 0.29) is 5.75 Å². The monoisotopic (exact) mass is 339 g/mol. The van der Waals surface area contributed by atoms with Crippen molar-refractivity contribution < 1.29 is 17.9 Å². The molecule has 0 aliphatic carbocycles. The highest BCUT2D eigenvalue weighted by molar-refractivity contribution is 9.10. The first-order chi connectivity index (χ1) is 8.81. The number of rotatable bonds is 6. The van der Waals surface area contributed by atoms with Crippen LogP contribution in [-0.2, 0) is 0 Å². The van der Waals surface area contributed by atoms with Crippen LogP contribution in [0.25, 0.3) is 0 Å². The van der Waals surface area contributed by atoms with Crippen LogP contribution in [-0.4, -0.2) is 12.9 Å². The lowest BCUT2D eigenvalue weighted by Gasteiger charge is -2.17. The number of alkyl halides is 3. The second-order valence-electron chi connectivity index (χ2n) is 4.46. The summed E-state index contributed by atoms with van der Waals surface area (Å²) in [5.74, 6) is 0.179. The molecular weight excluding hydrogens is 323 g/mol. The molecule has 108 valence electrons. The van der Waals surface area contributed by atoms with E-state index >= 15 is 0 Å². The van der Waals surface area contributed by atoms with Crippen molar-refractivity contribution in [2.24, 2.45) is 5.92 Å². The van der Waals surface area contributed by atoms with Gasteiger partial charge in [-0.3, -0.25) is 0 Å². The minimum Gasteiger partial charge on any atom is -0.404 e. The van der Waals surface area contributed by atoms with E-state index in [1.165, 1.54) is 6.07 Å². The van der Waals surface area contributed by atoms with E-state index in [0.717, 1.165) is 12.8 Å². The predicted octanol–water partition coefficient (Wildman–Crippen LogP) is 5.20. The predicted molar refractivity (Wildman–Crippen MR) is 73.4 cm³/mol. The zero-order valence-corrected chi connectivity index (χ0v) is 12.4. The van der Waals surface area contributed by atoms with Crippen LogP contribution in [0.2, 0.25) is 0 Å². The van der Waals surface area contributed by atoms with Crippen molar-refractivity contribution in [1.82, 2.24) is 0 Å². The number of hydrogen-bond donors (Lipinski definition) is 1. The van der Waals surface area contributed by atoms with Gasteiger partial charge in [-0.15, -0.1) is 13.2 Å². The molecule has 0 heterocycles. The third-order valence-electron chi connectivity index (χ3n) is 2.59. The van der Waals surface area contributed by atoms with Crippen molar-refractivity contribution in [3.05, 3.63) is 22.7 Å². The summed E-state index contributed by atoms with van der Waals surface area (Å²) in [6, 6.07) is 4.56. The van der Waals surface area contributed by atoms with Crippen molar-refractivity contribution in [2.45, 2.75) is 33.1 Å². The lowest BCUT2D eigenvalue weighted by molar-refractivity contribution is -0.274. The van der Waals surface area contributed by atoms with Crippen molar-refractivity contribution >= 4 is 21.6 Å². The first-order valence-corrected chi connectivity index (χ1v) is 6.90. The number of nitrogens with one attached hydrogen (secondary N) is 1. The topological polar surface area (TPSA) is 21.3 Å². The summed E-state index contributed by atoms with van der Waals surface area (Å²) in [6.45, 7) is 4.75. The lowest BCUT2D eigenvalue weighted by Crippen LogP contribution is -2.19. The molecule has 2 nitrogen and oxygen atoms in total.